The third kappa shape index (κ3) is 6.52. The minimum atomic E-state index is -0.996. The van der Waals surface area contributed by atoms with Crippen molar-refractivity contribution in [3.63, 3.8) is 0 Å². The number of nitrogens with zero attached hydrogens (tertiary/aromatic N) is 2. The van der Waals surface area contributed by atoms with E-state index in [0.717, 1.165) is 5.56 Å². The standard InChI is InChI=1S/C24H28N4O5S/c1-2-33-19-11-6-10-18(14-19)25-22(31)15-20-23(32)27(16-17-8-4-3-5-9-17)24(34)28(20)26-21(30)12-7-13-29/h3-6,8-11,14,20,29H,2,7,12-13,15-16H2,1H3,(H,25,31)(H,26,30). The Morgan fingerprint density at radius 3 is 2.59 bits per heavy atom. The molecular formula is C24H28N4O5S. The molecule has 1 aliphatic rings. The normalized spacial score (nSPS) is 15.4. The fraction of sp³-hybridized carbons (Fsp3) is 0.333. The van der Waals surface area contributed by atoms with E-state index in [-0.39, 0.29) is 43.4 Å². The van der Waals surface area contributed by atoms with Crippen LogP contribution in [0.2, 0.25) is 0 Å². The fourth-order valence-corrected chi connectivity index (χ4v) is 3.84. The molecule has 3 N–H and O–H groups in total. The Bertz CT molecular complexity index is 1030. The summed E-state index contributed by atoms with van der Waals surface area (Å²) in [6.45, 7) is 2.44. The Morgan fingerprint density at radius 2 is 1.88 bits per heavy atom. The van der Waals surface area contributed by atoms with Gasteiger partial charge in [-0.1, -0.05) is 36.4 Å². The number of aliphatic hydroxyl groups is 1. The maximum Gasteiger partial charge on any atom is 0.254 e. The number of anilines is 1. The van der Waals surface area contributed by atoms with E-state index in [1.165, 1.54) is 9.91 Å². The van der Waals surface area contributed by atoms with Crippen molar-refractivity contribution in [3.8, 4) is 5.75 Å². The quantitative estimate of drug-likeness (QED) is 0.420. The molecule has 1 aliphatic heterocycles. The highest BCUT2D eigenvalue weighted by molar-refractivity contribution is 7.80. The van der Waals surface area contributed by atoms with Gasteiger partial charge in [-0.2, -0.15) is 0 Å². The number of amides is 3. The average molecular weight is 485 g/mol. The molecular weight excluding hydrogens is 456 g/mol. The maximum atomic E-state index is 13.3. The van der Waals surface area contributed by atoms with Crippen molar-refractivity contribution in [2.45, 2.75) is 38.8 Å². The second kappa shape index (κ2) is 12.1. The van der Waals surface area contributed by atoms with E-state index in [4.69, 9.17) is 22.1 Å². The molecule has 0 bridgehead atoms. The zero-order chi connectivity index (χ0) is 24.5. The summed E-state index contributed by atoms with van der Waals surface area (Å²) in [6, 6.07) is 15.3. The Morgan fingerprint density at radius 1 is 1.12 bits per heavy atom. The summed E-state index contributed by atoms with van der Waals surface area (Å²) in [5, 5.41) is 13.2. The number of thiocarbonyl (C=S) groups is 1. The van der Waals surface area contributed by atoms with Gasteiger partial charge in [0.05, 0.1) is 19.6 Å². The number of hydrogen-bond donors (Lipinski definition) is 3. The van der Waals surface area contributed by atoms with E-state index in [9.17, 15) is 14.4 Å². The van der Waals surface area contributed by atoms with Crippen LogP contribution in [-0.4, -0.2) is 57.1 Å². The van der Waals surface area contributed by atoms with Crippen molar-refractivity contribution >= 4 is 40.7 Å². The molecule has 2 aromatic carbocycles. The minimum absolute atomic E-state index is 0.0611. The Balaban J connectivity index is 1.75. The lowest BCUT2D eigenvalue weighted by Gasteiger charge is -2.24. The highest BCUT2D eigenvalue weighted by atomic mass is 32.1. The number of benzene rings is 2. The van der Waals surface area contributed by atoms with Crippen LogP contribution in [0, 0.1) is 0 Å². The van der Waals surface area contributed by atoms with Crippen molar-refractivity contribution in [2.75, 3.05) is 18.5 Å². The molecule has 10 heteroatoms. The molecule has 1 unspecified atom stereocenters. The lowest BCUT2D eigenvalue weighted by molar-refractivity contribution is -0.133. The van der Waals surface area contributed by atoms with Crippen molar-refractivity contribution in [1.82, 2.24) is 15.3 Å². The van der Waals surface area contributed by atoms with Crippen LogP contribution < -0.4 is 15.5 Å². The zero-order valence-corrected chi connectivity index (χ0v) is 19.7. The molecule has 3 rings (SSSR count). The fourth-order valence-electron chi connectivity index (χ4n) is 3.51. The van der Waals surface area contributed by atoms with Crippen LogP contribution in [0.25, 0.3) is 0 Å². The van der Waals surface area contributed by atoms with E-state index in [1.54, 1.807) is 24.3 Å². The van der Waals surface area contributed by atoms with Crippen molar-refractivity contribution < 1.29 is 24.2 Å². The molecule has 3 amide bonds. The van der Waals surface area contributed by atoms with Crippen LogP contribution in [0.5, 0.6) is 5.75 Å². The summed E-state index contributed by atoms with van der Waals surface area (Å²) in [6.07, 6.45) is 0.116. The van der Waals surface area contributed by atoms with Crippen LogP contribution in [0.15, 0.2) is 54.6 Å². The molecule has 2 aromatic rings. The van der Waals surface area contributed by atoms with Gasteiger partial charge in [-0.05, 0) is 43.3 Å². The van der Waals surface area contributed by atoms with Crippen LogP contribution in [-0.2, 0) is 20.9 Å². The molecule has 9 nitrogen and oxygen atoms in total. The third-order valence-corrected chi connectivity index (χ3v) is 5.51. The minimum Gasteiger partial charge on any atom is -0.494 e. The number of nitrogens with one attached hydrogen (secondary N) is 2. The van der Waals surface area contributed by atoms with Gasteiger partial charge in [0.25, 0.3) is 5.91 Å². The first kappa shape index (κ1) is 25.1. The monoisotopic (exact) mass is 484 g/mol. The van der Waals surface area contributed by atoms with Gasteiger partial charge >= 0.3 is 0 Å². The summed E-state index contributed by atoms with van der Waals surface area (Å²) in [7, 11) is 0. The Kier molecular flexibility index (Phi) is 8.94. The molecule has 1 fully saturated rings. The van der Waals surface area contributed by atoms with Gasteiger partial charge in [0, 0.05) is 24.8 Å². The molecule has 0 saturated carbocycles. The summed E-state index contributed by atoms with van der Waals surface area (Å²) < 4.78 is 5.45. The molecule has 1 saturated heterocycles. The van der Waals surface area contributed by atoms with E-state index in [0.29, 0.717) is 18.0 Å². The van der Waals surface area contributed by atoms with E-state index < -0.39 is 17.9 Å². The molecule has 0 spiro atoms. The van der Waals surface area contributed by atoms with Crippen LogP contribution in [0.3, 0.4) is 0 Å². The summed E-state index contributed by atoms with van der Waals surface area (Å²) in [5.74, 6) is -0.577. The van der Waals surface area contributed by atoms with E-state index in [2.05, 4.69) is 10.7 Å². The first-order valence-electron chi connectivity index (χ1n) is 11.0. The maximum absolute atomic E-state index is 13.3. The number of hydrogen-bond acceptors (Lipinski definition) is 6. The van der Waals surface area contributed by atoms with Gasteiger partial charge in [0.2, 0.25) is 11.8 Å². The van der Waals surface area contributed by atoms with Crippen molar-refractivity contribution in [2.24, 2.45) is 0 Å². The second-order valence-corrected chi connectivity index (χ2v) is 8.02. The average Bonchev–Trinajstić information content (AvgIpc) is 3.03. The van der Waals surface area contributed by atoms with Gasteiger partial charge in [-0.25, -0.2) is 5.01 Å². The number of carbonyl (C=O) groups is 3. The topological polar surface area (TPSA) is 111 Å². The molecule has 180 valence electrons. The Labute approximate surface area is 203 Å². The molecule has 0 radical (unpaired) electrons. The van der Waals surface area contributed by atoms with Crippen molar-refractivity contribution in [3.05, 3.63) is 60.2 Å². The third-order valence-electron chi connectivity index (χ3n) is 5.10. The first-order chi connectivity index (χ1) is 16.4. The largest absolute Gasteiger partial charge is 0.494 e. The number of aliphatic hydroxyl groups excluding tert-OH is 1. The number of hydrazine groups is 1. The number of ether oxygens (including phenoxy) is 1. The first-order valence-corrected chi connectivity index (χ1v) is 11.4. The summed E-state index contributed by atoms with van der Waals surface area (Å²) in [4.78, 5) is 39.8. The predicted molar refractivity (Wildman–Crippen MR) is 131 cm³/mol. The molecule has 1 heterocycles. The summed E-state index contributed by atoms with van der Waals surface area (Å²) >= 11 is 5.49. The number of rotatable bonds is 11. The Hall–Kier alpha value is -3.50. The zero-order valence-electron chi connectivity index (χ0n) is 18.9. The lowest BCUT2D eigenvalue weighted by atomic mass is 10.1. The van der Waals surface area contributed by atoms with Gasteiger partial charge in [0.15, 0.2) is 5.11 Å². The lowest BCUT2D eigenvalue weighted by Crippen LogP contribution is -2.49. The smallest absolute Gasteiger partial charge is 0.254 e. The highest BCUT2D eigenvalue weighted by Crippen LogP contribution is 2.23. The van der Waals surface area contributed by atoms with E-state index >= 15 is 0 Å². The van der Waals surface area contributed by atoms with Gasteiger partial charge in [-0.3, -0.25) is 24.7 Å². The van der Waals surface area contributed by atoms with Gasteiger partial charge < -0.3 is 15.2 Å². The molecule has 1 atom stereocenters. The van der Waals surface area contributed by atoms with Crippen LogP contribution in [0.1, 0.15) is 31.7 Å². The van der Waals surface area contributed by atoms with E-state index in [1.807, 2.05) is 37.3 Å². The predicted octanol–water partition coefficient (Wildman–Crippen LogP) is 2.22. The molecule has 34 heavy (non-hydrogen) atoms. The van der Waals surface area contributed by atoms with Gasteiger partial charge in [0.1, 0.15) is 11.8 Å². The highest BCUT2D eigenvalue weighted by Gasteiger charge is 2.44. The van der Waals surface area contributed by atoms with Crippen molar-refractivity contribution in [1.29, 1.82) is 0 Å². The molecule has 0 aliphatic carbocycles. The van der Waals surface area contributed by atoms with Crippen LogP contribution in [0.4, 0.5) is 5.69 Å². The SMILES string of the molecule is CCOc1cccc(NC(=O)CC2C(=O)N(Cc3ccccc3)C(=S)N2NC(=O)CCCO)c1. The summed E-state index contributed by atoms with van der Waals surface area (Å²) in [5.41, 5.74) is 4.03. The molecule has 0 aromatic heterocycles. The number of carbonyl (C=O) groups excluding carboxylic acids is 3. The van der Waals surface area contributed by atoms with Crippen LogP contribution >= 0.6 is 12.2 Å². The second-order valence-electron chi connectivity index (χ2n) is 7.65. The van der Waals surface area contributed by atoms with Gasteiger partial charge in [-0.15, -0.1) is 0 Å².